The Kier molecular flexibility index (Phi) is 3.96. The number of benzene rings is 2. The van der Waals surface area contributed by atoms with Gasteiger partial charge in [-0.15, -0.1) is 0 Å². The highest BCUT2D eigenvalue weighted by Gasteiger charge is 2.59. The predicted molar refractivity (Wildman–Crippen MR) is 90.1 cm³/mol. The lowest BCUT2D eigenvalue weighted by molar-refractivity contribution is 0.0360. The first-order valence-corrected chi connectivity index (χ1v) is 7.73. The van der Waals surface area contributed by atoms with Gasteiger partial charge in [0.15, 0.2) is 0 Å². The summed E-state index contributed by atoms with van der Waals surface area (Å²) in [5.41, 5.74) is -1.02. The van der Waals surface area contributed by atoms with E-state index in [1.54, 1.807) is 42.5 Å². The van der Waals surface area contributed by atoms with Gasteiger partial charge in [0, 0.05) is 0 Å². The van der Waals surface area contributed by atoms with Crippen molar-refractivity contribution in [2.75, 3.05) is 0 Å². The molecule has 0 heterocycles. The Hall–Kier alpha value is -2.90. The Morgan fingerprint density at radius 2 is 1.75 bits per heavy atom. The van der Waals surface area contributed by atoms with Gasteiger partial charge in [-0.3, -0.25) is 0 Å². The van der Waals surface area contributed by atoms with Crippen LogP contribution in [0.5, 0.6) is 0 Å². The number of rotatable bonds is 5. The average molecular weight is 319 g/mol. The normalized spacial score (nSPS) is 17.8. The van der Waals surface area contributed by atoms with Crippen LogP contribution in [0.1, 0.15) is 34.3 Å². The van der Waals surface area contributed by atoms with Crippen LogP contribution in [0.15, 0.2) is 60.7 Å². The van der Waals surface area contributed by atoms with Crippen LogP contribution < -0.4 is 0 Å². The molecule has 0 bridgehead atoms. The monoisotopic (exact) mass is 319 g/mol. The Balaban J connectivity index is 2.07. The highest BCUT2D eigenvalue weighted by molar-refractivity contribution is 5.92. The van der Waals surface area contributed by atoms with Gasteiger partial charge in [-0.05, 0) is 36.1 Å². The van der Waals surface area contributed by atoms with Crippen LogP contribution >= 0.6 is 0 Å². The number of carboxylic acids is 1. The molecule has 3 rings (SSSR count). The van der Waals surface area contributed by atoms with E-state index in [0.717, 1.165) is 0 Å². The molecule has 0 radical (unpaired) electrons. The second-order valence-electron chi connectivity index (χ2n) is 6.05. The van der Waals surface area contributed by atoms with E-state index < -0.39 is 17.0 Å². The van der Waals surface area contributed by atoms with E-state index in [0.29, 0.717) is 24.0 Å². The molecule has 24 heavy (non-hydrogen) atoms. The van der Waals surface area contributed by atoms with Crippen LogP contribution in [-0.2, 0) is 5.60 Å². The molecule has 0 saturated heterocycles. The fourth-order valence-corrected chi connectivity index (χ4v) is 2.97. The Bertz CT molecular complexity index is 831. The summed E-state index contributed by atoms with van der Waals surface area (Å²) in [5, 5.41) is 30.1. The molecule has 4 nitrogen and oxygen atoms in total. The third-order valence-corrected chi connectivity index (χ3v) is 4.60. The summed E-state index contributed by atoms with van der Waals surface area (Å²) in [6.45, 7) is 0. The van der Waals surface area contributed by atoms with Crippen LogP contribution in [0.3, 0.4) is 0 Å². The molecule has 1 fully saturated rings. The molecule has 1 aliphatic rings. The van der Waals surface area contributed by atoms with E-state index >= 15 is 0 Å². The van der Waals surface area contributed by atoms with Crippen molar-refractivity contribution < 1.29 is 15.0 Å². The number of carbonyl (C=O) groups is 1. The minimum absolute atomic E-state index is 0.158. The average Bonchev–Trinajstić information content (AvgIpc) is 3.42. The van der Waals surface area contributed by atoms with Gasteiger partial charge in [0.25, 0.3) is 0 Å². The highest BCUT2D eigenvalue weighted by atomic mass is 16.4. The number of hydrogen-bond acceptors (Lipinski definition) is 3. The van der Waals surface area contributed by atoms with E-state index in [2.05, 4.69) is 6.07 Å². The van der Waals surface area contributed by atoms with E-state index in [9.17, 15) is 20.3 Å². The molecule has 1 atom stereocenters. The number of nitriles is 1. The van der Waals surface area contributed by atoms with Crippen LogP contribution in [0.4, 0.5) is 0 Å². The summed E-state index contributed by atoms with van der Waals surface area (Å²) in [6, 6.07) is 17.9. The molecule has 0 unspecified atom stereocenters. The lowest BCUT2D eigenvalue weighted by atomic mass is 9.78. The van der Waals surface area contributed by atoms with Crippen molar-refractivity contribution in [3.8, 4) is 6.07 Å². The van der Waals surface area contributed by atoms with Gasteiger partial charge in [-0.2, -0.15) is 5.26 Å². The Labute approximate surface area is 140 Å². The molecule has 0 amide bonds. The van der Waals surface area contributed by atoms with Crippen molar-refractivity contribution in [1.82, 2.24) is 0 Å². The minimum atomic E-state index is -1.45. The molecular weight excluding hydrogens is 302 g/mol. The van der Waals surface area contributed by atoms with E-state index in [4.69, 9.17) is 0 Å². The summed E-state index contributed by atoms with van der Waals surface area (Å²) >= 11 is 0. The van der Waals surface area contributed by atoms with Crippen LogP contribution in [0.25, 0.3) is 6.08 Å². The fourth-order valence-electron chi connectivity index (χ4n) is 2.97. The largest absolute Gasteiger partial charge is 0.478 e. The lowest BCUT2D eigenvalue weighted by Crippen LogP contribution is -2.33. The second-order valence-corrected chi connectivity index (χ2v) is 6.05. The first-order valence-electron chi connectivity index (χ1n) is 7.73. The number of carboxylic acid groups (broad SMARTS) is 1. The van der Waals surface area contributed by atoms with Crippen molar-refractivity contribution in [2.24, 2.45) is 5.41 Å². The van der Waals surface area contributed by atoms with Crippen LogP contribution in [0, 0.1) is 16.7 Å². The van der Waals surface area contributed by atoms with Gasteiger partial charge < -0.3 is 10.2 Å². The molecule has 4 heteroatoms. The molecule has 2 aromatic rings. The maximum absolute atomic E-state index is 11.3. The van der Waals surface area contributed by atoms with Gasteiger partial charge in [0.1, 0.15) is 5.60 Å². The number of nitrogens with zero attached hydrogens (tertiary/aromatic N) is 1. The Morgan fingerprint density at radius 1 is 1.12 bits per heavy atom. The lowest BCUT2D eigenvalue weighted by Gasteiger charge is -2.30. The van der Waals surface area contributed by atoms with Crippen LogP contribution in [-0.4, -0.2) is 16.2 Å². The molecule has 2 N–H and O–H groups in total. The zero-order valence-electron chi connectivity index (χ0n) is 13.0. The Morgan fingerprint density at radius 3 is 2.33 bits per heavy atom. The van der Waals surface area contributed by atoms with E-state index in [1.807, 2.05) is 18.2 Å². The molecule has 0 spiro atoms. The zero-order chi connectivity index (χ0) is 17.2. The van der Waals surface area contributed by atoms with Crippen molar-refractivity contribution in [2.45, 2.75) is 18.4 Å². The smallest absolute Gasteiger partial charge is 0.336 e. The maximum Gasteiger partial charge on any atom is 0.336 e. The number of aliphatic hydroxyl groups is 1. The molecule has 2 aromatic carbocycles. The molecule has 1 saturated carbocycles. The SMILES string of the molecule is N#CC1([C@](O)(/C=C/c2ccccc2C(=O)O)c2ccccc2)CC1. The number of hydrogen-bond donors (Lipinski definition) is 2. The number of aromatic carboxylic acids is 1. The molecule has 0 aromatic heterocycles. The van der Waals surface area contributed by atoms with Crippen LogP contribution in [0.2, 0.25) is 0 Å². The van der Waals surface area contributed by atoms with Crippen molar-refractivity contribution >= 4 is 12.0 Å². The highest BCUT2D eigenvalue weighted by Crippen LogP contribution is 2.58. The summed E-state index contributed by atoms with van der Waals surface area (Å²) in [7, 11) is 0. The van der Waals surface area contributed by atoms with Gasteiger partial charge in [-0.25, -0.2) is 4.79 Å². The first-order chi connectivity index (χ1) is 11.5. The quantitative estimate of drug-likeness (QED) is 0.882. The minimum Gasteiger partial charge on any atom is -0.478 e. The summed E-state index contributed by atoms with van der Waals surface area (Å²) in [5.74, 6) is -1.03. The van der Waals surface area contributed by atoms with Crippen molar-refractivity contribution in [3.63, 3.8) is 0 Å². The molecule has 0 aliphatic heterocycles. The summed E-state index contributed by atoms with van der Waals surface area (Å²) < 4.78 is 0. The summed E-state index contributed by atoms with van der Waals surface area (Å²) in [6.07, 6.45) is 4.37. The summed E-state index contributed by atoms with van der Waals surface area (Å²) in [4.78, 5) is 11.3. The van der Waals surface area contributed by atoms with Gasteiger partial charge >= 0.3 is 5.97 Å². The second kappa shape index (κ2) is 5.95. The maximum atomic E-state index is 11.3. The van der Waals surface area contributed by atoms with Gasteiger partial charge in [0.2, 0.25) is 0 Å². The third kappa shape index (κ3) is 2.60. The van der Waals surface area contributed by atoms with Crippen molar-refractivity contribution in [1.29, 1.82) is 5.26 Å². The third-order valence-electron chi connectivity index (χ3n) is 4.60. The predicted octanol–water partition coefficient (Wildman–Crippen LogP) is 3.59. The fraction of sp³-hybridized carbons (Fsp3) is 0.200. The van der Waals surface area contributed by atoms with E-state index in [1.165, 1.54) is 6.07 Å². The van der Waals surface area contributed by atoms with Gasteiger partial charge in [-0.1, -0.05) is 54.6 Å². The molecular formula is C20H17NO3. The molecule has 1 aliphatic carbocycles. The van der Waals surface area contributed by atoms with Gasteiger partial charge in [0.05, 0.1) is 17.0 Å². The standard InChI is InChI=1S/C20H17NO3/c21-14-19(12-13-19)20(24,16-7-2-1-3-8-16)11-10-15-6-4-5-9-17(15)18(22)23/h1-11,24H,12-13H2,(H,22,23)/b11-10+/t20-/m0/s1. The van der Waals surface area contributed by atoms with E-state index in [-0.39, 0.29) is 5.56 Å². The topological polar surface area (TPSA) is 81.3 Å². The first kappa shape index (κ1) is 16.0. The van der Waals surface area contributed by atoms with Crippen molar-refractivity contribution in [3.05, 3.63) is 77.4 Å². The molecule has 120 valence electrons. The zero-order valence-corrected chi connectivity index (χ0v) is 13.0.